The fraction of sp³-hybridized carbons (Fsp3) is 0.611. The van der Waals surface area contributed by atoms with Gasteiger partial charge in [-0.05, 0) is 37.8 Å². The molecule has 2 N–H and O–H groups in total. The Hall–Kier alpha value is -1.59. The zero-order valence-corrected chi connectivity index (χ0v) is 13.4. The fourth-order valence-corrected chi connectivity index (χ4v) is 4.00. The van der Waals surface area contributed by atoms with Gasteiger partial charge in [0, 0.05) is 25.2 Å². The predicted molar refractivity (Wildman–Crippen MR) is 90.5 cm³/mol. The average Bonchev–Trinajstić information content (AvgIpc) is 2.98. The molecule has 1 aliphatic carbocycles. The highest BCUT2D eigenvalue weighted by Crippen LogP contribution is 2.27. The molecule has 0 radical (unpaired) electrons. The van der Waals surface area contributed by atoms with Crippen molar-refractivity contribution in [2.75, 3.05) is 18.4 Å². The molecule has 23 heavy (non-hydrogen) atoms. The minimum Gasteiger partial charge on any atom is -0.424 e. The van der Waals surface area contributed by atoms with Gasteiger partial charge in [-0.3, -0.25) is 4.90 Å². The molecule has 1 aliphatic heterocycles. The third-order valence-electron chi connectivity index (χ3n) is 5.31. The highest BCUT2D eigenvalue weighted by molar-refractivity contribution is 5.74. The van der Waals surface area contributed by atoms with E-state index in [1.807, 2.05) is 24.3 Å². The molecule has 1 saturated carbocycles. The van der Waals surface area contributed by atoms with Crippen LogP contribution in [-0.2, 0) is 0 Å². The zero-order chi connectivity index (χ0) is 15.6. The van der Waals surface area contributed by atoms with Gasteiger partial charge in [0.1, 0.15) is 5.52 Å². The Bertz CT molecular complexity index is 616. The second-order valence-electron chi connectivity index (χ2n) is 6.86. The molecule has 0 spiro atoms. The standard InChI is InChI=1S/C18H25N3O2/c22-16-7-3-2-6-15(16)21-11-9-13(10-12-21)19-18-20-14-5-1-4-8-17(14)23-18/h1,4-5,8,13,15-16,22H,2-3,6-7,9-12H2,(H,19,20). The van der Waals surface area contributed by atoms with Crippen LogP contribution in [0.3, 0.4) is 0 Å². The number of rotatable bonds is 3. The molecule has 2 atom stereocenters. The van der Waals surface area contributed by atoms with Gasteiger partial charge in [-0.2, -0.15) is 4.98 Å². The normalized spacial score (nSPS) is 27.3. The lowest BCUT2D eigenvalue weighted by atomic mass is 9.89. The Morgan fingerprint density at radius 3 is 2.65 bits per heavy atom. The lowest BCUT2D eigenvalue weighted by Gasteiger charge is -2.41. The second kappa shape index (κ2) is 6.49. The Morgan fingerprint density at radius 2 is 1.87 bits per heavy atom. The van der Waals surface area contributed by atoms with Gasteiger partial charge in [-0.1, -0.05) is 25.0 Å². The van der Waals surface area contributed by atoms with Crippen LogP contribution in [0.15, 0.2) is 28.7 Å². The first-order valence-corrected chi connectivity index (χ1v) is 8.84. The number of aromatic nitrogens is 1. The van der Waals surface area contributed by atoms with Crippen LogP contribution < -0.4 is 5.32 Å². The van der Waals surface area contributed by atoms with Gasteiger partial charge in [0.25, 0.3) is 6.01 Å². The summed E-state index contributed by atoms with van der Waals surface area (Å²) in [6.45, 7) is 2.08. The van der Waals surface area contributed by atoms with E-state index in [2.05, 4.69) is 15.2 Å². The van der Waals surface area contributed by atoms with E-state index in [1.54, 1.807) is 0 Å². The third-order valence-corrected chi connectivity index (χ3v) is 5.31. The van der Waals surface area contributed by atoms with Crippen LogP contribution in [0.5, 0.6) is 0 Å². The molecule has 5 heteroatoms. The topological polar surface area (TPSA) is 61.5 Å². The van der Waals surface area contributed by atoms with Crippen molar-refractivity contribution in [3.63, 3.8) is 0 Å². The van der Waals surface area contributed by atoms with E-state index in [-0.39, 0.29) is 6.10 Å². The molecule has 5 nitrogen and oxygen atoms in total. The Balaban J connectivity index is 1.34. The predicted octanol–water partition coefficient (Wildman–Crippen LogP) is 3.01. The molecule has 4 rings (SSSR count). The van der Waals surface area contributed by atoms with E-state index >= 15 is 0 Å². The maximum Gasteiger partial charge on any atom is 0.295 e. The van der Waals surface area contributed by atoms with Crippen molar-refractivity contribution in [3.8, 4) is 0 Å². The third kappa shape index (κ3) is 3.21. The number of hydrogen-bond acceptors (Lipinski definition) is 5. The summed E-state index contributed by atoms with van der Waals surface area (Å²) in [6.07, 6.45) is 6.54. The monoisotopic (exact) mass is 315 g/mol. The van der Waals surface area contributed by atoms with E-state index in [4.69, 9.17) is 4.42 Å². The van der Waals surface area contributed by atoms with Crippen molar-refractivity contribution >= 4 is 17.1 Å². The number of oxazole rings is 1. The molecule has 1 aromatic carbocycles. The first-order chi connectivity index (χ1) is 11.3. The van der Waals surface area contributed by atoms with Gasteiger partial charge in [0.2, 0.25) is 0 Å². The van der Waals surface area contributed by atoms with Crippen LogP contribution in [0.1, 0.15) is 38.5 Å². The molecule has 2 fully saturated rings. The Morgan fingerprint density at radius 1 is 1.09 bits per heavy atom. The van der Waals surface area contributed by atoms with Gasteiger partial charge in [-0.25, -0.2) is 0 Å². The van der Waals surface area contributed by atoms with Crippen molar-refractivity contribution in [1.29, 1.82) is 0 Å². The molecule has 124 valence electrons. The second-order valence-corrected chi connectivity index (χ2v) is 6.86. The highest BCUT2D eigenvalue weighted by atomic mass is 16.4. The summed E-state index contributed by atoms with van der Waals surface area (Å²) < 4.78 is 5.76. The van der Waals surface area contributed by atoms with E-state index in [0.29, 0.717) is 18.1 Å². The van der Waals surface area contributed by atoms with E-state index in [1.165, 1.54) is 12.8 Å². The summed E-state index contributed by atoms with van der Waals surface area (Å²) in [5.74, 6) is 0. The minimum atomic E-state index is -0.134. The number of aliphatic hydroxyl groups excluding tert-OH is 1. The summed E-state index contributed by atoms with van der Waals surface area (Å²) in [4.78, 5) is 6.98. The van der Waals surface area contributed by atoms with E-state index in [0.717, 1.165) is 49.9 Å². The molecule has 1 aromatic heterocycles. The number of piperidine rings is 1. The van der Waals surface area contributed by atoms with Crippen LogP contribution >= 0.6 is 0 Å². The Kier molecular flexibility index (Phi) is 4.23. The van der Waals surface area contributed by atoms with Gasteiger partial charge < -0.3 is 14.8 Å². The van der Waals surface area contributed by atoms with Crippen LogP contribution in [0.4, 0.5) is 6.01 Å². The molecular formula is C18H25N3O2. The van der Waals surface area contributed by atoms with Crippen LogP contribution in [0.25, 0.3) is 11.1 Å². The molecule has 2 heterocycles. The Labute approximate surface area is 136 Å². The highest BCUT2D eigenvalue weighted by Gasteiger charge is 2.31. The summed E-state index contributed by atoms with van der Waals surface area (Å²) >= 11 is 0. The zero-order valence-electron chi connectivity index (χ0n) is 13.4. The van der Waals surface area contributed by atoms with Crippen LogP contribution in [0.2, 0.25) is 0 Å². The summed E-state index contributed by atoms with van der Waals surface area (Å²) in [5.41, 5.74) is 1.73. The fourth-order valence-electron chi connectivity index (χ4n) is 4.00. The van der Waals surface area contributed by atoms with Crippen molar-refractivity contribution in [1.82, 2.24) is 9.88 Å². The molecule has 0 bridgehead atoms. The number of nitrogens with one attached hydrogen (secondary N) is 1. The number of likely N-dealkylation sites (tertiary alicyclic amines) is 1. The largest absolute Gasteiger partial charge is 0.424 e. The van der Waals surface area contributed by atoms with Crippen molar-refractivity contribution in [3.05, 3.63) is 24.3 Å². The SMILES string of the molecule is OC1CCCCC1N1CCC(Nc2nc3ccccc3o2)CC1. The maximum atomic E-state index is 10.2. The molecule has 2 aromatic rings. The number of hydrogen-bond donors (Lipinski definition) is 2. The first kappa shape index (κ1) is 15.0. The average molecular weight is 315 g/mol. The summed E-state index contributed by atoms with van der Waals surface area (Å²) in [6, 6.07) is 9.25. The lowest BCUT2D eigenvalue weighted by Crippen LogP contribution is -2.50. The number of anilines is 1. The quantitative estimate of drug-likeness (QED) is 0.912. The van der Waals surface area contributed by atoms with Gasteiger partial charge >= 0.3 is 0 Å². The number of aliphatic hydroxyl groups is 1. The lowest BCUT2D eigenvalue weighted by molar-refractivity contribution is 0.00985. The number of fused-ring (bicyclic) bond motifs is 1. The van der Waals surface area contributed by atoms with E-state index < -0.39 is 0 Å². The molecule has 2 aliphatic rings. The first-order valence-electron chi connectivity index (χ1n) is 8.84. The van der Waals surface area contributed by atoms with Crippen LogP contribution in [0, 0.1) is 0 Å². The number of nitrogens with zero attached hydrogens (tertiary/aromatic N) is 2. The molecule has 1 saturated heterocycles. The molecule has 0 amide bonds. The minimum absolute atomic E-state index is 0.134. The molecule has 2 unspecified atom stereocenters. The van der Waals surface area contributed by atoms with Crippen LogP contribution in [-0.4, -0.2) is 46.3 Å². The smallest absolute Gasteiger partial charge is 0.295 e. The maximum absolute atomic E-state index is 10.2. The van der Waals surface area contributed by atoms with Crippen molar-refractivity contribution < 1.29 is 9.52 Å². The number of benzene rings is 1. The van der Waals surface area contributed by atoms with Gasteiger partial charge in [0.05, 0.1) is 6.10 Å². The van der Waals surface area contributed by atoms with E-state index in [9.17, 15) is 5.11 Å². The van der Waals surface area contributed by atoms with Crippen molar-refractivity contribution in [2.45, 2.75) is 56.7 Å². The van der Waals surface area contributed by atoms with Gasteiger partial charge in [-0.15, -0.1) is 0 Å². The van der Waals surface area contributed by atoms with Crippen molar-refractivity contribution in [2.24, 2.45) is 0 Å². The summed E-state index contributed by atoms with van der Waals surface area (Å²) in [5, 5.41) is 13.7. The number of para-hydroxylation sites is 2. The van der Waals surface area contributed by atoms with Gasteiger partial charge in [0.15, 0.2) is 5.58 Å². The molecular weight excluding hydrogens is 290 g/mol. The summed E-state index contributed by atoms with van der Waals surface area (Å²) in [7, 11) is 0.